The van der Waals surface area contributed by atoms with Crippen LogP contribution in [0.5, 0.6) is 0 Å². The van der Waals surface area contributed by atoms with Gasteiger partial charge in [-0.2, -0.15) is 0 Å². The Morgan fingerprint density at radius 2 is 2.12 bits per heavy atom. The number of aliphatic hydroxyl groups is 1. The van der Waals surface area contributed by atoms with Crippen LogP contribution >= 0.6 is 11.6 Å². The van der Waals surface area contributed by atoms with Gasteiger partial charge in [-0.3, -0.25) is 4.79 Å². The molecule has 0 aromatic heterocycles. The highest BCUT2D eigenvalue weighted by Gasteiger charge is 2.51. The first-order chi connectivity index (χ1) is 7.45. The summed E-state index contributed by atoms with van der Waals surface area (Å²) < 4.78 is 13.0. The monoisotopic (exact) mass is 244 g/mol. The van der Waals surface area contributed by atoms with Crippen molar-refractivity contribution in [1.29, 1.82) is 0 Å². The van der Waals surface area contributed by atoms with Crippen LogP contribution in [0.2, 0.25) is 5.02 Å². The molecule has 0 aliphatic heterocycles. The number of carboxylic acid groups (broad SMARTS) is 1. The molecule has 1 aromatic rings. The van der Waals surface area contributed by atoms with Gasteiger partial charge in [-0.1, -0.05) is 17.7 Å². The Balaban J connectivity index is 2.41. The lowest BCUT2D eigenvalue weighted by Crippen LogP contribution is -2.50. The summed E-state index contributed by atoms with van der Waals surface area (Å²) >= 11 is 5.61. The van der Waals surface area contributed by atoms with Crippen molar-refractivity contribution in [3.63, 3.8) is 0 Å². The average molecular weight is 245 g/mol. The van der Waals surface area contributed by atoms with Crippen molar-refractivity contribution in [1.82, 2.24) is 0 Å². The molecule has 0 radical (unpaired) electrons. The van der Waals surface area contributed by atoms with Crippen molar-refractivity contribution in [3.05, 3.63) is 34.6 Å². The first kappa shape index (κ1) is 11.4. The van der Waals surface area contributed by atoms with E-state index in [1.165, 1.54) is 12.1 Å². The maximum Gasteiger partial charge on any atom is 0.314 e. The van der Waals surface area contributed by atoms with Crippen LogP contribution in [-0.4, -0.2) is 22.3 Å². The van der Waals surface area contributed by atoms with Crippen LogP contribution in [0.15, 0.2) is 18.2 Å². The third-order valence-corrected chi connectivity index (χ3v) is 3.34. The lowest BCUT2D eigenvalue weighted by atomic mass is 9.63. The first-order valence-corrected chi connectivity index (χ1v) is 5.20. The summed E-state index contributed by atoms with van der Waals surface area (Å²) in [5.74, 6) is -1.59. The smallest absolute Gasteiger partial charge is 0.314 e. The van der Waals surface area contributed by atoms with E-state index in [9.17, 15) is 14.3 Å². The van der Waals surface area contributed by atoms with Crippen molar-refractivity contribution in [2.75, 3.05) is 0 Å². The fourth-order valence-corrected chi connectivity index (χ4v) is 2.25. The zero-order valence-electron chi connectivity index (χ0n) is 8.28. The van der Waals surface area contributed by atoms with Gasteiger partial charge in [-0.25, -0.2) is 4.39 Å². The molecule has 0 amide bonds. The summed E-state index contributed by atoms with van der Waals surface area (Å²) in [6, 6.07) is 3.87. The van der Waals surface area contributed by atoms with E-state index in [0.717, 1.165) is 6.07 Å². The summed E-state index contributed by atoms with van der Waals surface area (Å²) in [6.45, 7) is 0. The number of carbonyl (C=O) groups is 1. The van der Waals surface area contributed by atoms with E-state index in [4.69, 9.17) is 16.7 Å². The fraction of sp³-hybridized carbons (Fsp3) is 0.364. The first-order valence-electron chi connectivity index (χ1n) is 4.83. The number of benzene rings is 1. The van der Waals surface area contributed by atoms with Crippen molar-refractivity contribution in [2.45, 2.75) is 24.4 Å². The number of rotatable bonds is 2. The quantitative estimate of drug-likeness (QED) is 0.836. The van der Waals surface area contributed by atoms with E-state index in [1.807, 2.05) is 0 Å². The normalized spacial score (nSPS) is 28.6. The lowest BCUT2D eigenvalue weighted by molar-refractivity contribution is -0.152. The van der Waals surface area contributed by atoms with Gasteiger partial charge in [-0.05, 0) is 30.5 Å². The van der Waals surface area contributed by atoms with E-state index in [-0.39, 0.29) is 17.9 Å². The van der Waals surface area contributed by atoms with E-state index >= 15 is 0 Å². The van der Waals surface area contributed by atoms with Gasteiger partial charge < -0.3 is 10.2 Å². The molecule has 2 N–H and O–H groups in total. The Morgan fingerprint density at radius 1 is 1.50 bits per heavy atom. The van der Waals surface area contributed by atoms with Crippen LogP contribution in [-0.2, 0) is 10.2 Å². The van der Waals surface area contributed by atoms with E-state index in [1.54, 1.807) is 0 Å². The van der Waals surface area contributed by atoms with Gasteiger partial charge >= 0.3 is 5.97 Å². The van der Waals surface area contributed by atoms with Crippen molar-refractivity contribution < 1.29 is 19.4 Å². The van der Waals surface area contributed by atoms with Gasteiger partial charge in [0.05, 0.1) is 16.5 Å². The molecule has 0 saturated heterocycles. The second-order valence-electron chi connectivity index (χ2n) is 4.08. The maximum atomic E-state index is 13.0. The van der Waals surface area contributed by atoms with Crippen molar-refractivity contribution >= 4 is 17.6 Å². The zero-order chi connectivity index (χ0) is 11.9. The molecule has 16 heavy (non-hydrogen) atoms. The molecular weight excluding hydrogens is 235 g/mol. The molecule has 1 fully saturated rings. The molecule has 2 rings (SSSR count). The summed E-state index contributed by atoms with van der Waals surface area (Å²) in [4.78, 5) is 11.2. The van der Waals surface area contributed by atoms with Gasteiger partial charge in [0, 0.05) is 0 Å². The van der Waals surface area contributed by atoms with Crippen LogP contribution in [0, 0.1) is 5.82 Å². The van der Waals surface area contributed by atoms with Crippen LogP contribution in [0.1, 0.15) is 18.4 Å². The molecule has 1 saturated carbocycles. The van der Waals surface area contributed by atoms with E-state index < -0.39 is 23.3 Å². The number of aliphatic carboxylic acids is 1. The Labute approximate surface area is 96.5 Å². The minimum Gasteiger partial charge on any atom is -0.481 e. The summed E-state index contributed by atoms with van der Waals surface area (Å²) in [5.41, 5.74) is -0.673. The number of halogens is 2. The third kappa shape index (κ3) is 1.58. The molecule has 0 atom stereocenters. The number of hydrogen-bond donors (Lipinski definition) is 2. The molecular formula is C11H10ClFO3. The highest BCUT2D eigenvalue weighted by atomic mass is 35.5. The highest BCUT2D eigenvalue weighted by Crippen LogP contribution is 2.44. The molecule has 1 aliphatic rings. The summed E-state index contributed by atoms with van der Waals surface area (Å²) in [6.07, 6.45) is -0.325. The topological polar surface area (TPSA) is 57.5 Å². The lowest BCUT2D eigenvalue weighted by Gasteiger charge is -2.42. The second kappa shape index (κ2) is 3.71. The van der Waals surface area contributed by atoms with Gasteiger partial charge in [0.1, 0.15) is 5.82 Å². The van der Waals surface area contributed by atoms with Crippen LogP contribution in [0.3, 0.4) is 0 Å². The summed E-state index contributed by atoms with van der Waals surface area (Å²) in [7, 11) is 0. The number of hydrogen-bond acceptors (Lipinski definition) is 2. The molecule has 1 aliphatic carbocycles. The van der Waals surface area contributed by atoms with Crippen LogP contribution in [0.4, 0.5) is 4.39 Å². The molecule has 1 aromatic carbocycles. The predicted molar refractivity (Wildman–Crippen MR) is 56.0 cm³/mol. The van der Waals surface area contributed by atoms with E-state index in [2.05, 4.69) is 0 Å². The van der Waals surface area contributed by atoms with Gasteiger partial charge in [-0.15, -0.1) is 0 Å². The van der Waals surface area contributed by atoms with Crippen LogP contribution in [0.25, 0.3) is 0 Å². The number of carboxylic acids is 1. The highest BCUT2D eigenvalue weighted by molar-refractivity contribution is 6.30. The summed E-state index contributed by atoms with van der Waals surface area (Å²) in [5, 5.41) is 18.3. The largest absolute Gasteiger partial charge is 0.481 e. The van der Waals surface area contributed by atoms with Gasteiger partial charge in [0.2, 0.25) is 0 Å². The Hall–Kier alpha value is -1.13. The molecule has 0 spiro atoms. The molecule has 3 nitrogen and oxygen atoms in total. The minimum absolute atomic E-state index is 0.0977. The molecule has 5 heteroatoms. The third-order valence-electron chi connectivity index (χ3n) is 3.05. The van der Waals surface area contributed by atoms with E-state index in [0.29, 0.717) is 5.56 Å². The maximum absolute atomic E-state index is 13.0. The van der Waals surface area contributed by atoms with Crippen molar-refractivity contribution in [2.24, 2.45) is 0 Å². The second-order valence-corrected chi connectivity index (χ2v) is 4.49. The molecule has 0 heterocycles. The molecule has 0 bridgehead atoms. The number of aliphatic hydroxyl groups excluding tert-OH is 1. The SMILES string of the molecule is O=C(O)C1(c2ccc(F)c(Cl)c2)CC(O)C1. The average Bonchev–Trinajstić information content (AvgIpc) is 2.17. The standard InChI is InChI=1S/C11H10ClFO3/c12-8-3-6(1-2-9(8)13)11(10(15)16)4-7(14)5-11/h1-3,7,14H,4-5H2,(H,15,16). The zero-order valence-corrected chi connectivity index (χ0v) is 9.04. The molecule has 86 valence electrons. The minimum atomic E-state index is -1.11. The Kier molecular flexibility index (Phi) is 2.64. The Bertz CT molecular complexity index is 441. The fourth-order valence-electron chi connectivity index (χ4n) is 2.07. The Morgan fingerprint density at radius 3 is 2.56 bits per heavy atom. The predicted octanol–water partition coefficient (Wildman–Crippen LogP) is 1.96. The molecule has 0 unspecified atom stereocenters. The van der Waals surface area contributed by atoms with Gasteiger partial charge in [0.25, 0.3) is 0 Å². The van der Waals surface area contributed by atoms with Crippen LogP contribution < -0.4 is 0 Å². The van der Waals surface area contributed by atoms with Gasteiger partial charge in [0.15, 0.2) is 0 Å². The van der Waals surface area contributed by atoms with Crippen molar-refractivity contribution in [3.8, 4) is 0 Å².